The number of para-hydroxylation sites is 2. The standard InChI is InChI=1S/C16H14N2/c1-2-7-14(8-3-1)17-12-15-11-10-13-6-4-5-9-16(13)18-15/h1-11,17H,12H2. The first kappa shape index (κ1) is 10.8. The van der Waals surface area contributed by atoms with Crippen molar-refractivity contribution < 1.29 is 0 Å². The van der Waals surface area contributed by atoms with E-state index in [1.165, 1.54) is 5.39 Å². The van der Waals surface area contributed by atoms with Gasteiger partial charge in [-0.25, -0.2) is 0 Å². The van der Waals surface area contributed by atoms with Gasteiger partial charge in [0.2, 0.25) is 0 Å². The van der Waals surface area contributed by atoms with Gasteiger partial charge in [-0.15, -0.1) is 0 Å². The lowest BCUT2D eigenvalue weighted by atomic mass is 10.2. The third-order valence-electron chi connectivity index (χ3n) is 2.90. The molecule has 2 heteroatoms. The molecule has 0 atom stereocenters. The lowest BCUT2D eigenvalue weighted by Crippen LogP contribution is -2.01. The number of rotatable bonds is 3. The molecule has 1 N–H and O–H groups in total. The molecule has 2 nitrogen and oxygen atoms in total. The minimum Gasteiger partial charge on any atom is -0.379 e. The Bertz CT molecular complexity index is 647. The summed E-state index contributed by atoms with van der Waals surface area (Å²) in [5, 5.41) is 4.54. The Balaban J connectivity index is 1.79. The largest absolute Gasteiger partial charge is 0.379 e. The predicted molar refractivity (Wildman–Crippen MR) is 75.5 cm³/mol. The molecule has 1 heterocycles. The first-order valence-electron chi connectivity index (χ1n) is 6.05. The van der Waals surface area contributed by atoms with E-state index in [1.807, 2.05) is 36.4 Å². The molecule has 0 aliphatic rings. The third kappa shape index (κ3) is 2.33. The summed E-state index contributed by atoms with van der Waals surface area (Å²) in [6.45, 7) is 0.745. The van der Waals surface area contributed by atoms with E-state index in [-0.39, 0.29) is 0 Å². The van der Waals surface area contributed by atoms with Crippen LogP contribution in [0.3, 0.4) is 0 Å². The van der Waals surface area contributed by atoms with E-state index >= 15 is 0 Å². The van der Waals surface area contributed by atoms with Crippen LogP contribution in [0.5, 0.6) is 0 Å². The van der Waals surface area contributed by atoms with Gasteiger partial charge < -0.3 is 5.32 Å². The summed E-state index contributed by atoms with van der Waals surface area (Å²) in [5.74, 6) is 0. The molecule has 0 bridgehead atoms. The van der Waals surface area contributed by atoms with Crippen molar-refractivity contribution in [3.05, 3.63) is 72.4 Å². The molecule has 0 unspecified atom stereocenters. The smallest absolute Gasteiger partial charge is 0.0706 e. The summed E-state index contributed by atoms with van der Waals surface area (Å²) in [5.41, 5.74) is 3.22. The first-order chi connectivity index (χ1) is 8.92. The highest BCUT2D eigenvalue weighted by Gasteiger charge is 1.97. The number of nitrogens with one attached hydrogen (secondary N) is 1. The van der Waals surface area contributed by atoms with Gasteiger partial charge in [0, 0.05) is 11.1 Å². The Kier molecular flexibility index (Phi) is 2.92. The zero-order valence-electron chi connectivity index (χ0n) is 10.0. The topological polar surface area (TPSA) is 24.9 Å². The van der Waals surface area contributed by atoms with Crippen molar-refractivity contribution >= 4 is 16.6 Å². The Morgan fingerprint density at radius 3 is 2.44 bits per heavy atom. The zero-order valence-corrected chi connectivity index (χ0v) is 10.0. The number of aromatic nitrogens is 1. The number of nitrogens with zero attached hydrogens (tertiary/aromatic N) is 1. The van der Waals surface area contributed by atoms with E-state index in [9.17, 15) is 0 Å². The number of hydrogen-bond donors (Lipinski definition) is 1. The average Bonchev–Trinajstić information content (AvgIpc) is 2.46. The molecule has 2 aromatic carbocycles. The second kappa shape index (κ2) is 4.88. The summed E-state index contributed by atoms with van der Waals surface area (Å²) < 4.78 is 0. The fourth-order valence-corrected chi connectivity index (χ4v) is 1.96. The molecule has 0 aliphatic heterocycles. The first-order valence-corrected chi connectivity index (χ1v) is 6.05. The van der Waals surface area contributed by atoms with Gasteiger partial charge in [-0.1, -0.05) is 42.5 Å². The van der Waals surface area contributed by atoms with Gasteiger partial charge in [0.05, 0.1) is 17.8 Å². The molecular weight excluding hydrogens is 220 g/mol. The van der Waals surface area contributed by atoms with Crippen LogP contribution in [0.2, 0.25) is 0 Å². The summed E-state index contributed by atoms with van der Waals surface area (Å²) >= 11 is 0. The molecule has 88 valence electrons. The molecule has 0 aliphatic carbocycles. The molecule has 0 saturated carbocycles. The van der Waals surface area contributed by atoms with E-state index in [4.69, 9.17) is 0 Å². The quantitative estimate of drug-likeness (QED) is 0.744. The summed E-state index contributed by atoms with van der Waals surface area (Å²) in [6, 6.07) is 22.5. The van der Waals surface area contributed by atoms with Crippen LogP contribution in [-0.4, -0.2) is 4.98 Å². The normalized spacial score (nSPS) is 10.4. The van der Waals surface area contributed by atoms with Crippen LogP contribution < -0.4 is 5.32 Å². The van der Waals surface area contributed by atoms with Gasteiger partial charge in [0.25, 0.3) is 0 Å². The molecular formula is C16H14N2. The van der Waals surface area contributed by atoms with E-state index in [0.717, 1.165) is 23.4 Å². The molecule has 3 rings (SSSR count). The number of fused-ring (bicyclic) bond motifs is 1. The fourth-order valence-electron chi connectivity index (χ4n) is 1.96. The average molecular weight is 234 g/mol. The highest BCUT2D eigenvalue weighted by molar-refractivity contribution is 5.78. The summed E-state index contributed by atoms with van der Waals surface area (Å²) in [4.78, 5) is 4.63. The van der Waals surface area contributed by atoms with E-state index in [2.05, 4.69) is 40.6 Å². The van der Waals surface area contributed by atoms with Gasteiger partial charge in [0.15, 0.2) is 0 Å². The van der Waals surface area contributed by atoms with Crippen LogP contribution in [0.15, 0.2) is 66.7 Å². The number of hydrogen-bond acceptors (Lipinski definition) is 2. The van der Waals surface area contributed by atoms with E-state index < -0.39 is 0 Å². The molecule has 1 aromatic heterocycles. The molecule has 18 heavy (non-hydrogen) atoms. The number of benzene rings is 2. The van der Waals surface area contributed by atoms with E-state index in [0.29, 0.717) is 0 Å². The van der Waals surface area contributed by atoms with Crippen molar-refractivity contribution in [2.24, 2.45) is 0 Å². The molecule has 0 radical (unpaired) electrons. The monoisotopic (exact) mass is 234 g/mol. The number of pyridine rings is 1. The van der Waals surface area contributed by atoms with Crippen molar-refractivity contribution in [1.29, 1.82) is 0 Å². The van der Waals surface area contributed by atoms with Crippen LogP contribution in [0.25, 0.3) is 10.9 Å². The third-order valence-corrected chi connectivity index (χ3v) is 2.90. The SMILES string of the molecule is c1ccc(NCc2ccc3ccccc3n2)cc1. The van der Waals surface area contributed by atoms with Crippen LogP contribution in [-0.2, 0) is 6.54 Å². The van der Waals surface area contributed by atoms with E-state index in [1.54, 1.807) is 0 Å². The molecule has 3 aromatic rings. The number of anilines is 1. The van der Waals surface area contributed by atoms with Crippen molar-refractivity contribution in [1.82, 2.24) is 4.98 Å². The minimum absolute atomic E-state index is 0.745. The van der Waals surface area contributed by atoms with Gasteiger partial charge in [-0.3, -0.25) is 4.98 Å². The van der Waals surface area contributed by atoms with Crippen molar-refractivity contribution in [3.63, 3.8) is 0 Å². The Morgan fingerprint density at radius 1 is 0.778 bits per heavy atom. The molecule has 0 spiro atoms. The van der Waals surface area contributed by atoms with Crippen LogP contribution in [0.1, 0.15) is 5.69 Å². The van der Waals surface area contributed by atoms with Crippen molar-refractivity contribution in [3.8, 4) is 0 Å². The van der Waals surface area contributed by atoms with Gasteiger partial charge in [-0.05, 0) is 24.3 Å². The molecule has 0 fully saturated rings. The maximum Gasteiger partial charge on any atom is 0.0706 e. The highest BCUT2D eigenvalue weighted by atomic mass is 14.9. The van der Waals surface area contributed by atoms with Crippen LogP contribution >= 0.6 is 0 Å². The minimum atomic E-state index is 0.745. The predicted octanol–water partition coefficient (Wildman–Crippen LogP) is 3.85. The Labute approximate surface area is 106 Å². The van der Waals surface area contributed by atoms with Crippen molar-refractivity contribution in [2.75, 3.05) is 5.32 Å². The fraction of sp³-hybridized carbons (Fsp3) is 0.0625. The highest BCUT2D eigenvalue weighted by Crippen LogP contribution is 2.13. The maximum absolute atomic E-state index is 4.63. The second-order valence-electron chi connectivity index (χ2n) is 4.21. The zero-order chi connectivity index (χ0) is 12.2. The molecule has 0 saturated heterocycles. The Morgan fingerprint density at radius 2 is 1.56 bits per heavy atom. The van der Waals surface area contributed by atoms with Gasteiger partial charge >= 0.3 is 0 Å². The lowest BCUT2D eigenvalue weighted by Gasteiger charge is -2.06. The summed E-state index contributed by atoms with van der Waals surface area (Å²) in [6.07, 6.45) is 0. The van der Waals surface area contributed by atoms with Crippen LogP contribution in [0, 0.1) is 0 Å². The van der Waals surface area contributed by atoms with Crippen LogP contribution in [0.4, 0.5) is 5.69 Å². The summed E-state index contributed by atoms with van der Waals surface area (Å²) in [7, 11) is 0. The second-order valence-corrected chi connectivity index (χ2v) is 4.21. The molecule has 0 amide bonds. The maximum atomic E-state index is 4.63. The Hall–Kier alpha value is -2.35. The van der Waals surface area contributed by atoms with Gasteiger partial charge in [-0.2, -0.15) is 0 Å². The van der Waals surface area contributed by atoms with Crippen molar-refractivity contribution in [2.45, 2.75) is 6.54 Å². The lowest BCUT2D eigenvalue weighted by molar-refractivity contribution is 1.07. The van der Waals surface area contributed by atoms with Gasteiger partial charge in [0.1, 0.15) is 0 Å².